The van der Waals surface area contributed by atoms with Crippen molar-refractivity contribution in [3.8, 4) is 17.1 Å². The van der Waals surface area contributed by atoms with Crippen molar-refractivity contribution < 1.29 is 22.8 Å². The van der Waals surface area contributed by atoms with Crippen LogP contribution in [0.25, 0.3) is 45.1 Å². The Morgan fingerprint density at radius 1 is 0.738 bits per heavy atom. The van der Waals surface area contributed by atoms with Crippen molar-refractivity contribution >= 4 is 39.6 Å². The molecule has 0 spiro atoms. The van der Waals surface area contributed by atoms with E-state index >= 15 is 0 Å². The molecule has 0 radical (unpaired) electrons. The molecule has 2 aromatic heterocycles. The van der Waals surface area contributed by atoms with E-state index < -0.39 is 17.5 Å². The summed E-state index contributed by atoms with van der Waals surface area (Å²) in [6.45, 7) is 2.78. The van der Waals surface area contributed by atoms with Crippen LogP contribution >= 0.6 is 0 Å². The number of hydrogen-bond donors (Lipinski definition) is 0. The predicted molar refractivity (Wildman–Crippen MR) is 155 cm³/mol. The van der Waals surface area contributed by atoms with E-state index in [1.807, 2.05) is 54.6 Å². The lowest BCUT2D eigenvalue weighted by atomic mass is 10.0. The number of para-hydroxylation sites is 1. The first-order valence-electron chi connectivity index (χ1n) is 13.3. The van der Waals surface area contributed by atoms with Crippen molar-refractivity contribution in [3.05, 3.63) is 124 Å². The highest BCUT2D eigenvalue weighted by atomic mass is 19.2. The molecule has 6 aromatic rings. The first-order valence-corrected chi connectivity index (χ1v) is 13.3. The van der Waals surface area contributed by atoms with Gasteiger partial charge in [0.2, 0.25) is 0 Å². The smallest absolute Gasteiger partial charge is 0.197 e. The molecule has 206 valence electrons. The van der Waals surface area contributed by atoms with E-state index in [-0.39, 0.29) is 39.7 Å². The fourth-order valence-electron chi connectivity index (χ4n) is 5.88. The Balaban J connectivity index is 1.45. The number of halogens is 3. The van der Waals surface area contributed by atoms with Crippen molar-refractivity contribution in [1.29, 1.82) is 0 Å². The summed E-state index contributed by atoms with van der Waals surface area (Å²) in [5, 5.41) is 1.74. The molecule has 42 heavy (non-hydrogen) atoms. The molecule has 4 aromatic carbocycles. The zero-order chi connectivity index (χ0) is 29.4. The predicted octanol–water partition coefficient (Wildman–Crippen LogP) is 7.68. The zero-order valence-electron chi connectivity index (χ0n) is 22.8. The lowest BCUT2D eigenvalue weighted by Gasteiger charge is -2.13. The van der Waals surface area contributed by atoms with Gasteiger partial charge in [0.15, 0.2) is 34.7 Å². The molecule has 8 heteroatoms. The quantitative estimate of drug-likeness (QED) is 0.127. The van der Waals surface area contributed by atoms with Gasteiger partial charge in [-0.2, -0.15) is 0 Å². The maximum atomic E-state index is 14.6. The second-order valence-electron chi connectivity index (χ2n) is 10.5. The minimum absolute atomic E-state index is 0.0369. The molecule has 0 aliphatic heterocycles. The third-order valence-corrected chi connectivity index (χ3v) is 8.06. The van der Waals surface area contributed by atoms with Gasteiger partial charge in [0, 0.05) is 29.4 Å². The number of carbonyl (C=O) groups excluding carboxylic acids is 2. The highest BCUT2D eigenvalue weighted by molar-refractivity contribution is 6.42. The van der Waals surface area contributed by atoms with Crippen LogP contribution in [-0.4, -0.2) is 25.7 Å². The zero-order valence-corrected chi connectivity index (χ0v) is 22.8. The summed E-state index contributed by atoms with van der Waals surface area (Å²) in [5.41, 5.74) is 3.07. The number of aromatic nitrogens is 3. The second-order valence-corrected chi connectivity index (χ2v) is 10.5. The number of imidazole rings is 1. The van der Waals surface area contributed by atoms with Crippen LogP contribution in [0.4, 0.5) is 13.2 Å². The fourth-order valence-corrected chi connectivity index (χ4v) is 5.88. The van der Waals surface area contributed by atoms with E-state index in [1.54, 1.807) is 40.5 Å². The molecular weight excluding hydrogens is 539 g/mol. The summed E-state index contributed by atoms with van der Waals surface area (Å²) in [5.74, 6) is -4.50. The van der Waals surface area contributed by atoms with Gasteiger partial charge in [-0.3, -0.25) is 14.2 Å². The standard InChI is InChI=1S/C34H22F3N3O2/c1-17-27(18(2)29(36)30(37)28(17)35)34-38-33-26(39(34)3)16-22(40(33)21-11-5-4-6-12-21)15-25-31(41)23-13-19-9-7-8-10-20(19)14-24(23)32(25)42/h4-16H,1-3H3. The summed E-state index contributed by atoms with van der Waals surface area (Å²) in [4.78, 5) is 31.8. The molecule has 0 atom stereocenters. The van der Waals surface area contributed by atoms with Gasteiger partial charge in [0.25, 0.3) is 0 Å². The minimum atomic E-state index is -1.52. The van der Waals surface area contributed by atoms with Crippen molar-refractivity contribution in [3.63, 3.8) is 0 Å². The average molecular weight is 562 g/mol. The third-order valence-electron chi connectivity index (χ3n) is 8.06. The SMILES string of the molecule is Cc1c(F)c(F)c(F)c(C)c1-c1nc2c(cc(C=C3C(=O)c4cc5ccccc5cc4C3=O)n2-c2ccccc2)n1C. The maximum absolute atomic E-state index is 14.6. The first-order chi connectivity index (χ1) is 20.2. The second kappa shape index (κ2) is 9.14. The average Bonchev–Trinajstić information content (AvgIpc) is 3.59. The van der Waals surface area contributed by atoms with E-state index in [0.29, 0.717) is 33.7 Å². The number of ketones is 2. The van der Waals surface area contributed by atoms with Crippen LogP contribution in [0, 0.1) is 31.3 Å². The van der Waals surface area contributed by atoms with Crippen molar-refractivity contribution in [2.45, 2.75) is 13.8 Å². The summed E-state index contributed by atoms with van der Waals surface area (Å²) >= 11 is 0. The molecule has 0 fully saturated rings. The molecular formula is C34H22F3N3O2. The maximum Gasteiger partial charge on any atom is 0.197 e. The molecule has 0 saturated carbocycles. The number of rotatable bonds is 3. The number of nitrogens with zero attached hydrogens (tertiary/aromatic N) is 3. The molecule has 7 rings (SSSR count). The monoisotopic (exact) mass is 561 g/mol. The molecule has 0 N–H and O–H groups in total. The van der Waals surface area contributed by atoms with Gasteiger partial charge >= 0.3 is 0 Å². The molecule has 0 amide bonds. The number of Topliss-reactive ketones (excluding diaryl/α,β-unsaturated/α-hetero) is 2. The Kier molecular flexibility index (Phi) is 5.59. The Labute approximate surface area is 238 Å². The van der Waals surface area contributed by atoms with Crippen molar-refractivity contribution in [2.24, 2.45) is 7.05 Å². The van der Waals surface area contributed by atoms with Crippen LogP contribution in [0.15, 0.2) is 78.4 Å². The lowest BCUT2D eigenvalue weighted by Crippen LogP contribution is -2.06. The van der Waals surface area contributed by atoms with Gasteiger partial charge in [-0.15, -0.1) is 0 Å². The molecule has 0 unspecified atom stereocenters. The van der Waals surface area contributed by atoms with Gasteiger partial charge in [0.1, 0.15) is 5.82 Å². The molecule has 2 heterocycles. The Hall–Kier alpha value is -5.24. The van der Waals surface area contributed by atoms with E-state index in [9.17, 15) is 22.8 Å². The van der Waals surface area contributed by atoms with Crippen LogP contribution in [0.3, 0.4) is 0 Å². The van der Waals surface area contributed by atoms with Crippen LogP contribution in [0.1, 0.15) is 37.5 Å². The van der Waals surface area contributed by atoms with E-state index in [0.717, 1.165) is 10.8 Å². The van der Waals surface area contributed by atoms with Gasteiger partial charge in [0.05, 0.1) is 16.8 Å². The van der Waals surface area contributed by atoms with E-state index in [4.69, 9.17) is 4.98 Å². The Morgan fingerprint density at radius 3 is 1.86 bits per heavy atom. The van der Waals surface area contributed by atoms with Crippen LogP contribution in [-0.2, 0) is 7.05 Å². The molecule has 0 bridgehead atoms. The van der Waals surface area contributed by atoms with E-state index in [2.05, 4.69) is 0 Å². The number of hydrogen-bond acceptors (Lipinski definition) is 3. The van der Waals surface area contributed by atoms with Crippen LogP contribution in [0.5, 0.6) is 0 Å². The fraction of sp³-hybridized carbons (Fsp3) is 0.0882. The Bertz CT molecular complexity index is 2100. The summed E-state index contributed by atoms with van der Waals surface area (Å²) in [7, 11) is 1.70. The van der Waals surface area contributed by atoms with Crippen molar-refractivity contribution in [2.75, 3.05) is 0 Å². The van der Waals surface area contributed by atoms with Gasteiger partial charge in [-0.25, -0.2) is 18.2 Å². The van der Waals surface area contributed by atoms with Gasteiger partial charge in [-0.05, 0) is 72.2 Å². The van der Waals surface area contributed by atoms with Gasteiger partial charge in [-0.1, -0.05) is 42.5 Å². The topological polar surface area (TPSA) is 56.9 Å². The van der Waals surface area contributed by atoms with Crippen LogP contribution in [0.2, 0.25) is 0 Å². The number of allylic oxidation sites excluding steroid dienone is 1. The molecule has 1 aliphatic carbocycles. The number of fused-ring (bicyclic) bond motifs is 3. The minimum Gasteiger partial charge on any atom is -0.326 e. The van der Waals surface area contributed by atoms with E-state index in [1.165, 1.54) is 13.8 Å². The van der Waals surface area contributed by atoms with Gasteiger partial charge < -0.3 is 4.57 Å². The Morgan fingerprint density at radius 2 is 1.29 bits per heavy atom. The van der Waals surface area contributed by atoms with Crippen LogP contribution < -0.4 is 0 Å². The number of benzene rings is 4. The summed E-state index contributed by atoms with van der Waals surface area (Å²) in [6, 6.07) is 22.1. The lowest BCUT2D eigenvalue weighted by molar-refractivity contribution is 0.0990. The largest absolute Gasteiger partial charge is 0.326 e. The molecule has 0 saturated heterocycles. The molecule has 1 aliphatic rings. The van der Waals surface area contributed by atoms with Crippen molar-refractivity contribution in [1.82, 2.24) is 14.1 Å². The number of carbonyl (C=O) groups is 2. The summed E-state index contributed by atoms with van der Waals surface area (Å²) < 4.78 is 46.8. The normalized spacial score (nSPS) is 13.0. The summed E-state index contributed by atoms with van der Waals surface area (Å²) in [6.07, 6.45) is 1.57. The molecule has 5 nitrogen and oxygen atoms in total. The highest BCUT2D eigenvalue weighted by Crippen LogP contribution is 2.37. The highest BCUT2D eigenvalue weighted by Gasteiger charge is 2.34. The first kappa shape index (κ1) is 25.7. The number of aryl methyl sites for hydroxylation is 1. The third kappa shape index (κ3) is 3.54.